The Hall–Kier alpha value is -3.56. The Labute approximate surface area is 201 Å². The van der Waals surface area contributed by atoms with E-state index in [0.717, 1.165) is 0 Å². The number of hydrogen-bond donors (Lipinski definition) is 9. The number of aliphatic hydroxyl groups is 1. The van der Waals surface area contributed by atoms with Crippen molar-refractivity contribution in [1.82, 2.24) is 25.9 Å². The number of imidazole rings is 1. The molecular formula is C20H34N8O7. The summed E-state index contributed by atoms with van der Waals surface area (Å²) < 4.78 is 0. The van der Waals surface area contributed by atoms with Gasteiger partial charge in [-0.05, 0) is 32.2 Å². The predicted octanol–water partition coefficient (Wildman–Crippen LogP) is -3.79. The first kappa shape index (κ1) is 29.5. The van der Waals surface area contributed by atoms with Crippen LogP contribution in [0.15, 0.2) is 12.5 Å². The number of nitrogens with one attached hydrogen (secondary N) is 4. The summed E-state index contributed by atoms with van der Waals surface area (Å²) in [6, 6.07) is -5.04. The van der Waals surface area contributed by atoms with E-state index in [2.05, 4.69) is 25.9 Å². The number of unbranched alkanes of at least 4 members (excludes halogenated alkanes) is 1. The molecule has 15 nitrogen and oxygen atoms in total. The van der Waals surface area contributed by atoms with Gasteiger partial charge in [-0.1, -0.05) is 0 Å². The van der Waals surface area contributed by atoms with E-state index in [4.69, 9.17) is 22.3 Å². The maximum absolute atomic E-state index is 12.9. The molecule has 0 aromatic carbocycles. The number of rotatable bonds is 17. The van der Waals surface area contributed by atoms with E-state index in [1.807, 2.05) is 0 Å². The summed E-state index contributed by atoms with van der Waals surface area (Å²) >= 11 is 0. The first-order valence-electron chi connectivity index (χ1n) is 11.0. The van der Waals surface area contributed by atoms with E-state index in [1.54, 1.807) is 0 Å². The van der Waals surface area contributed by atoms with E-state index in [-0.39, 0.29) is 25.7 Å². The zero-order chi connectivity index (χ0) is 26.4. The molecule has 4 atom stereocenters. The average molecular weight is 499 g/mol. The number of aliphatic hydroxyl groups excluding tert-OH is 1. The number of nitrogens with two attached hydrogens (primary N) is 3. The lowest BCUT2D eigenvalue weighted by Gasteiger charge is -2.25. The Morgan fingerprint density at radius 2 is 1.57 bits per heavy atom. The van der Waals surface area contributed by atoms with Gasteiger partial charge in [0.2, 0.25) is 23.6 Å². The molecule has 196 valence electrons. The molecule has 0 radical (unpaired) electrons. The van der Waals surface area contributed by atoms with Gasteiger partial charge in [-0.15, -0.1) is 0 Å². The van der Waals surface area contributed by atoms with Crippen LogP contribution in [0.5, 0.6) is 0 Å². The normalized spacial score (nSPS) is 14.3. The van der Waals surface area contributed by atoms with Crippen LogP contribution >= 0.6 is 0 Å². The van der Waals surface area contributed by atoms with E-state index in [9.17, 15) is 29.1 Å². The number of carbonyl (C=O) groups is 5. The topological polar surface area (TPSA) is 269 Å². The number of amides is 4. The molecule has 1 aromatic rings. The summed E-state index contributed by atoms with van der Waals surface area (Å²) in [7, 11) is 0. The summed E-state index contributed by atoms with van der Waals surface area (Å²) in [4.78, 5) is 67.4. The van der Waals surface area contributed by atoms with Crippen molar-refractivity contribution in [3.05, 3.63) is 18.2 Å². The fourth-order valence-electron chi connectivity index (χ4n) is 3.04. The van der Waals surface area contributed by atoms with Crippen LogP contribution in [-0.2, 0) is 30.4 Å². The average Bonchev–Trinajstić information content (AvgIpc) is 3.32. The van der Waals surface area contributed by atoms with E-state index in [0.29, 0.717) is 25.1 Å². The quantitative estimate of drug-likeness (QED) is 0.0945. The summed E-state index contributed by atoms with van der Waals surface area (Å²) in [6.45, 7) is -0.283. The fourth-order valence-corrected chi connectivity index (χ4v) is 3.04. The van der Waals surface area contributed by atoms with Gasteiger partial charge < -0.3 is 48.3 Å². The summed E-state index contributed by atoms with van der Waals surface area (Å²) in [5.41, 5.74) is 16.6. The lowest BCUT2D eigenvalue weighted by atomic mass is 10.0. The number of aromatic amines is 1. The van der Waals surface area contributed by atoms with Gasteiger partial charge in [-0.3, -0.25) is 19.2 Å². The smallest absolute Gasteiger partial charge is 0.326 e. The highest BCUT2D eigenvalue weighted by atomic mass is 16.4. The molecule has 0 fully saturated rings. The third kappa shape index (κ3) is 10.9. The maximum Gasteiger partial charge on any atom is 0.326 e. The van der Waals surface area contributed by atoms with E-state index in [1.165, 1.54) is 12.5 Å². The van der Waals surface area contributed by atoms with Crippen LogP contribution in [0.1, 0.15) is 37.8 Å². The van der Waals surface area contributed by atoms with Crippen molar-refractivity contribution in [3.8, 4) is 0 Å². The minimum absolute atomic E-state index is 0.103. The molecule has 35 heavy (non-hydrogen) atoms. The highest BCUT2D eigenvalue weighted by Crippen LogP contribution is 2.06. The van der Waals surface area contributed by atoms with Gasteiger partial charge in [0.05, 0.1) is 12.9 Å². The van der Waals surface area contributed by atoms with Gasteiger partial charge >= 0.3 is 5.97 Å². The number of hydrogen-bond acceptors (Lipinski definition) is 9. The third-order valence-corrected chi connectivity index (χ3v) is 5.02. The number of carbonyl (C=O) groups excluding carboxylic acids is 4. The molecule has 1 heterocycles. The Balaban J connectivity index is 2.99. The molecule has 0 aliphatic carbocycles. The van der Waals surface area contributed by atoms with Crippen LogP contribution in [0.4, 0.5) is 0 Å². The highest BCUT2D eigenvalue weighted by molar-refractivity contribution is 5.94. The van der Waals surface area contributed by atoms with Gasteiger partial charge in [0.1, 0.15) is 24.2 Å². The maximum atomic E-state index is 12.9. The molecule has 1 rings (SSSR count). The van der Waals surface area contributed by atoms with E-state index >= 15 is 0 Å². The van der Waals surface area contributed by atoms with Crippen molar-refractivity contribution in [2.24, 2.45) is 17.2 Å². The van der Waals surface area contributed by atoms with Crippen LogP contribution in [0.2, 0.25) is 0 Å². The molecule has 0 saturated heterocycles. The van der Waals surface area contributed by atoms with Gasteiger partial charge in [0.25, 0.3) is 0 Å². The number of primary amides is 1. The van der Waals surface area contributed by atoms with Crippen molar-refractivity contribution in [2.75, 3.05) is 13.2 Å². The largest absolute Gasteiger partial charge is 0.480 e. The molecule has 4 unspecified atom stereocenters. The Morgan fingerprint density at radius 3 is 2.09 bits per heavy atom. The zero-order valence-corrected chi connectivity index (χ0v) is 19.2. The fraction of sp³-hybridized carbons (Fsp3) is 0.600. The summed E-state index contributed by atoms with van der Waals surface area (Å²) in [5, 5.41) is 25.8. The minimum atomic E-state index is -1.35. The lowest BCUT2D eigenvalue weighted by molar-refractivity contribution is -0.142. The molecule has 4 amide bonds. The molecule has 15 heteroatoms. The third-order valence-electron chi connectivity index (χ3n) is 5.02. The number of H-pyrrole nitrogens is 1. The van der Waals surface area contributed by atoms with Crippen LogP contribution in [0.3, 0.4) is 0 Å². The highest BCUT2D eigenvalue weighted by Gasteiger charge is 2.30. The Kier molecular flexibility index (Phi) is 12.9. The Bertz CT molecular complexity index is 849. The number of aliphatic carboxylic acids is 1. The predicted molar refractivity (Wildman–Crippen MR) is 122 cm³/mol. The lowest BCUT2D eigenvalue weighted by Crippen LogP contribution is -2.57. The molecule has 0 spiro atoms. The summed E-state index contributed by atoms with van der Waals surface area (Å²) in [6.07, 6.45) is 3.37. The number of carboxylic acids is 1. The molecule has 0 aliphatic heterocycles. The Morgan fingerprint density at radius 1 is 0.971 bits per heavy atom. The number of carboxylic acid groups (broad SMARTS) is 1. The zero-order valence-electron chi connectivity index (χ0n) is 19.2. The second-order valence-electron chi connectivity index (χ2n) is 7.88. The van der Waals surface area contributed by atoms with Gasteiger partial charge in [-0.25, -0.2) is 9.78 Å². The van der Waals surface area contributed by atoms with Gasteiger partial charge in [0, 0.05) is 24.7 Å². The standard InChI is InChI=1S/C20H34N8O7/c21-6-2-1-3-13(26-17(31)12(22)9-29)18(32)27-14(4-5-16(23)30)19(33)28-15(20(34)35)7-11-8-24-10-25-11/h8,10,12-15,29H,1-7,9,21-22H2,(H2,23,30)(H,24,25)(H,26,31)(H,27,32)(H,28,33)(H,34,35). The molecule has 0 bridgehead atoms. The molecule has 1 aromatic heterocycles. The first-order chi connectivity index (χ1) is 16.6. The second kappa shape index (κ2) is 15.4. The van der Waals surface area contributed by atoms with Gasteiger partial charge in [0.15, 0.2) is 0 Å². The van der Waals surface area contributed by atoms with Crippen LogP contribution < -0.4 is 33.2 Å². The van der Waals surface area contributed by atoms with Crippen LogP contribution in [-0.4, -0.2) is 87.1 Å². The van der Waals surface area contributed by atoms with Crippen molar-refractivity contribution in [2.45, 2.75) is 62.7 Å². The van der Waals surface area contributed by atoms with Crippen LogP contribution in [0.25, 0.3) is 0 Å². The van der Waals surface area contributed by atoms with Crippen LogP contribution in [0, 0.1) is 0 Å². The SMILES string of the molecule is NCCCCC(NC(=O)C(N)CO)C(=O)NC(CCC(N)=O)C(=O)NC(Cc1cnc[nH]1)C(=O)O. The minimum Gasteiger partial charge on any atom is -0.480 e. The monoisotopic (exact) mass is 498 g/mol. The first-order valence-corrected chi connectivity index (χ1v) is 11.0. The number of aromatic nitrogens is 2. The van der Waals surface area contributed by atoms with Gasteiger partial charge in [-0.2, -0.15) is 0 Å². The van der Waals surface area contributed by atoms with Crippen molar-refractivity contribution in [3.63, 3.8) is 0 Å². The van der Waals surface area contributed by atoms with E-state index < -0.39 is 60.4 Å². The van der Waals surface area contributed by atoms with Crippen molar-refractivity contribution < 1.29 is 34.2 Å². The number of nitrogens with zero attached hydrogens (tertiary/aromatic N) is 1. The molecular weight excluding hydrogens is 464 g/mol. The second-order valence-corrected chi connectivity index (χ2v) is 7.88. The molecule has 12 N–H and O–H groups in total. The van der Waals surface area contributed by atoms with Crippen molar-refractivity contribution in [1.29, 1.82) is 0 Å². The summed E-state index contributed by atoms with van der Waals surface area (Å²) in [5.74, 6) is -4.44. The molecule has 0 saturated carbocycles. The molecule has 0 aliphatic rings. The van der Waals surface area contributed by atoms with Crippen molar-refractivity contribution >= 4 is 29.6 Å².